The van der Waals surface area contributed by atoms with E-state index in [0.717, 1.165) is 19.3 Å². The van der Waals surface area contributed by atoms with E-state index in [9.17, 15) is 18.0 Å². The van der Waals surface area contributed by atoms with Gasteiger partial charge in [-0.15, -0.1) is 0 Å². The second-order valence-corrected chi connectivity index (χ2v) is 4.32. The molecule has 0 unspecified atom stereocenters. The number of ketones is 1. The van der Waals surface area contributed by atoms with E-state index < -0.39 is 17.9 Å². The van der Waals surface area contributed by atoms with E-state index in [1.165, 1.54) is 0 Å². The lowest BCUT2D eigenvalue weighted by molar-refractivity contribution is -0.185. The molecular formula is C9H11F3O. The zero-order chi connectivity index (χ0) is 9.69. The van der Waals surface area contributed by atoms with Gasteiger partial charge in [0.1, 0.15) is 0 Å². The number of hydrogen-bond acceptors (Lipinski definition) is 1. The largest absolute Gasteiger partial charge is 0.450 e. The van der Waals surface area contributed by atoms with Crippen molar-refractivity contribution in [1.29, 1.82) is 0 Å². The summed E-state index contributed by atoms with van der Waals surface area (Å²) >= 11 is 0. The number of rotatable bonds is 1. The second kappa shape index (κ2) is 2.49. The van der Waals surface area contributed by atoms with Crippen LogP contribution in [0.1, 0.15) is 32.1 Å². The standard InChI is InChI=1S/C9H11F3O/c10-9(11,12)7(13)6-4-8(5-6)2-1-3-8/h6H,1-5H2. The molecule has 2 aliphatic carbocycles. The molecule has 4 heteroatoms. The topological polar surface area (TPSA) is 17.1 Å². The van der Waals surface area contributed by atoms with Crippen LogP contribution >= 0.6 is 0 Å². The van der Waals surface area contributed by atoms with E-state index in [1.54, 1.807) is 0 Å². The molecule has 0 heterocycles. The first-order valence-corrected chi connectivity index (χ1v) is 4.54. The van der Waals surface area contributed by atoms with Crippen LogP contribution in [0.4, 0.5) is 13.2 Å². The Kier molecular flexibility index (Phi) is 1.73. The van der Waals surface area contributed by atoms with Crippen molar-refractivity contribution >= 4 is 5.78 Å². The summed E-state index contributed by atoms with van der Waals surface area (Å²) in [6.45, 7) is 0. The lowest BCUT2D eigenvalue weighted by Gasteiger charge is -2.53. The summed E-state index contributed by atoms with van der Waals surface area (Å²) in [5.41, 5.74) is 0.144. The molecule has 2 fully saturated rings. The molecule has 0 aromatic heterocycles. The molecule has 0 aromatic rings. The first-order valence-electron chi connectivity index (χ1n) is 4.54. The maximum absolute atomic E-state index is 11.9. The average Bonchev–Trinajstić information content (AvgIpc) is 1.78. The zero-order valence-electron chi connectivity index (χ0n) is 7.16. The first kappa shape index (κ1) is 9.03. The minimum atomic E-state index is -4.62. The summed E-state index contributed by atoms with van der Waals surface area (Å²) in [6, 6.07) is 0. The summed E-state index contributed by atoms with van der Waals surface area (Å²) in [5.74, 6) is -2.23. The van der Waals surface area contributed by atoms with Gasteiger partial charge in [0.15, 0.2) is 0 Å². The molecule has 74 valence electrons. The SMILES string of the molecule is O=C(C1CC2(CCC2)C1)C(F)(F)F. The molecule has 0 aliphatic heterocycles. The quantitative estimate of drug-likeness (QED) is 0.624. The van der Waals surface area contributed by atoms with Gasteiger partial charge in [-0.3, -0.25) is 4.79 Å². The third-order valence-electron chi connectivity index (χ3n) is 3.42. The minimum Gasteiger partial charge on any atom is -0.289 e. The number of carbonyl (C=O) groups is 1. The molecule has 0 radical (unpaired) electrons. The molecule has 0 aromatic carbocycles. The van der Waals surface area contributed by atoms with Crippen molar-refractivity contribution in [3.8, 4) is 0 Å². The van der Waals surface area contributed by atoms with E-state index in [4.69, 9.17) is 0 Å². The van der Waals surface area contributed by atoms with Gasteiger partial charge in [-0.1, -0.05) is 6.42 Å². The zero-order valence-corrected chi connectivity index (χ0v) is 7.16. The van der Waals surface area contributed by atoms with Crippen LogP contribution in [0.15, 0.2) is 0 Å². The summed E-state index contributed by atoms with van der Waals surface area (Å²) in [7, 11) is 0. The first-order chi connectivity index (χ1) is 5.93. The summed E-state index contributed by atoms with van der Waals surface area (Å²) in [4.78, 5) is 10.7. The van der Waals surface area contributed by atoms with Gasteiger partial charge in [0.05, 0.1) is 0 Å². The van der Waals surface area contributed by atoms with Crippen molar-refractivity contribution in [3.63, 3.8) is 0 Å². The highest BCUT2D eigenvalue weighted by Crippen LogP contribution is 2.59. The number of alkyl halides is 3. The van der Waals surface area contributed by atoms with Gasteiger partial charge in [-0.25, -0.2) is 0 Å². The Hall–Kier alpha value is -0.540. The maximum atomic E-state index is 11.9. The third-order valence-corrected chi connectivity index (χ3v) is 3.42. The minimum absolute atomic E-state index is 0.144. The van der Waals surface area contributed by atoms with E-state index in [1.807, 2.05) is 0 Å². The lowest BCUT2D eigenvalue weighted by Crippen LogP contribution is -2.48. The van der Waals surface area contributed by atoms with Crippen LogP contribution in [0.25, 0.3) is 0 Å². The molecule has 0 bridgehead atoms. The second-order valence-electron chi connectivity index (χ2n) is 4.32. The van der Waals surface area contributed by atoms with Crippen molar-refractivity contribution in [2.24, 2.45) is 11.3 Å². The molecular weight excluding hydrogens is 181 g/mol. The molecule has 0 amide bonds. The molecule has 1 nitrogen and oxygen atoms in total. The number of Topliss-reactive ketones (excluding diaryl/α,β-unsaturated/α-hetero) is 1. The Morgan fingerprint density at radius 1 is 1.23 bits per heavy atom. The van der Waals surface area contributed by atoms with Gasteiger partial charge >= 0.3 is 6.18 Å². The average molecular weight is 192 g/mol. The van der Waals surface area contributed by atoms with Crippen molar-refractivity contribution in [2.45, 2.75) is 38.3 Å². The molecule has 0 atom stereocenters. The number of halogens is 3. The Bertz CT molecular complexity index is 232. The summed E-state index contributed by atoms with van der Waals surface area (Å²) in [6.07, 6.45) is -0.497. The molecule has 0 N–H and O–H groups in total. The third kappa shape index (κ3) is 1.36. The van der Waals surface area contributed by atoms with E-state index in [2.05, 4.69) is 0 Å². The molecule has 2 aliphatic rings. The van der Waals surface area contributed by atoms with Gasteiger partial charge in [0.25, 0.3) is 0 Å². The van der Waals surface area contributed by atoms with Crippen molar-refractivity contribution < 1.29 is 18.0 Å². The van der Waals surface area contributed by atoms with E-state index >= 15 is 0 Å². The Morgan fingerprint density at radius 3 is 2.08 bits per heavy atom. The predicted molar refractivity (Wildman–Crippen MR) is 40.1 cm³/mol. The van der Waals surface area contributed by atoms with Crippen LogP contribution in [0.2, 0.25) is 0 Å². The van der Waals surface area contributed by atoms with Crippen LogP contribution in [-0.2, 0) is 4.79 Å². The van der Waals surface area contributed by atoms with Crippen LogP contribution in [0.5, 0.6) is 0 Å². The van der Waals surface area contributed by atoms with Crippen LogP contribution in [-0.4, -0.2) is 12.0 Å². The highest BCUT2D eigenvalue weighted by atomic mass is 19.4. The van der Waals surface area contributed by atoms with E-state index in [0.29, 0.717) is 12.8 Å². The van der Waals surface area contributed by atoms with Gasteiger partial charge in [0, 0.05) is 5.92 Å². The molecule has 1 spiro atoms. The molecule has 13 heavy (non-hydrogen) atoms. The van der Waals surface area contributed by atoms with Gasteiger partial charge in [-0.05, 0) is 31.1 Å². The molecule has 0 saturated heterocycles. The highest BCUT2D eigenvalue weighted by Gasteiger charge is 2.55. The number of hydrogen-bond donors (Lipinski definition) is 0. The summed E-state index contributed by atoms with van der Waals surface area (Å²) in [5, 5.41) is 0. The molecule has 2 saturated carbocycles. The fourth-order valence-electron chi connectivity index (χ4n) is 2.49. The highest BCUT2D eigenvalue weighted by molar-refractivity contribution is 5.87. The van der Waals surface area contributed by atoms with Crippen LogP contribution in [0.3, 0.4) is 0 Å². The van der Waals surface area contributed by atoms with Crippen LogP contribution in [0, 0.1) is 11.3 Å². The number of carbonyl (C=O) groups excluding carboxylic acids is 1. The van der Waals surface area contributed by atoms with Crippen molar-refractivity contribution in [3.05, 3.63) is 0 Å². The van der Waals surface area contributed by atoms with Crippen LogP contribution < -0.4 is 0 Å². The summed E-state index contributed by atoms with van der Waals surface area (Å²) < 4.78 is 35.8. The maximum Gasteiger partial charge on any atom is 0.450 e. The molecule has 2 rings (SSSR count). The Labute approximate surface area is 74.3 Å². The lowest BCUT2D eigenvalue weighted by atomic mass is 9.51. The van der Waals surface area contributed by atoms with Crippen molar-refractivity contribution in [2.75, 3.05) is 0 Å². The van der Waals surface area contributed by atoms with Gasteiger partial charge in [0.2, 0.25) is 5.78 Å². The van der Waals surface area contributed by atoms with Crippen molar-refractivity contribution in [1.82, 2.24) is 0 Å². The van der Waals surface area contributed by atoms with Gasteiger partial charge in [-0.2, -0.15) is 13.2 Å². The van der Waals surface area contributed by atoms with E-state index in [-0.39, 0.29) is 5.41 Å². The van der Waals surface area contributed by atoms with Gasteiger partial charge < -0.3 is 0 Å². The Morgan fingerprint density at radius 2 is 1.77 bits per heavy atom. The predicted octanol–water partition coefficient (Wildman–Crippen LogP) is 2.70. The fraction of sp³-hybridized carbons (Fsp3) is 0.889. The Balaban J connectivity index is 1.89. The monoisotopic (exact) mass is 192 g/mol. The fourth-order valence-corrected chi connectivity index (χ4v) is 2.49. The normalized spacial score (nSPS) is 26.7. The smallest absolute Gasteiger partial charge is 0.289 e.